The minimum atomic E-state index is -0.0937. The highest BCUT2D eigenvalue weighted by atomic mass is 79.9. The van der Waals surface area contributed by atoms with E-state index in [-0.39, 0.29) is 5.41 Å². The third-order valence-electron chi connectivity index (χ3n) is 2.90. The molecule has 1 aromatic carbocycles. The number of hydrogen-bond donors (Lipinski definition) is 1. The van der Waals surface area contributed by atoms with E-state index in [4.69, 9.17) is 5.73 Å². The van der Waals surface area contributed by atoms with Crippen LogP contribution in [0.15, 0.2) is 22.7 Å². The van der Waals surface area contributed by atoms with Gasteiger partial charge in [-0.15, -0.1) is 10.2 Å². The van der Waals surface area contributed by atoms with Crippen molar-refractivity contribution in [2.45, 2.75) is 26.2 Å². The lowest BCUT2D eigenvalue weighted by atomic mass is 9.96. The third kappa shape index (κ3) is 2.20. The molecule has 2 aromatic heterocycles. The number of fused-ring (bicyclic) bond motifs is 1. The molecule has 0 spiro atoms. The van der Waals surface area contributed by atoms with Crippen molar-refractivity contribution in [1.29, 1.82) is 0 Å². The van der Waals surface area contributed by atoms with Gasteiger partial charge in [-0.25, -0.2) is 0 Å². The molecule has 0 aliphatic carbocycles. The number of nitrogen functional groups attached to an aromatic ring is 1. The van der Waals surface area contributed by atoms with Gasteiger partial charge >= 0.3 is 0 Å². The summed E-state index contributed by atoms with van der Waals surface area (Å²) in [6.45, 7) is 6.29. The molecular weight excluding hydrogens is 338 g/mol. The Morgan fingerprint density at radius 3 is 2.65 bits per heavy atom. The smallest absolute Gasteiger partial charge is 0.235 e. The minimum absolute atomic E-state index is 0.0937. The summed E-state index contributed by atoms with van der Waals surface area (Å²) in [4.78, 5) is 0.798. The quantitative estimate of drug-likeness (QED) is 0.681. The van der Waals surface area contributed by atoms with Crippen molar-refractivity contribution in [3.8, 4) is 10.6 Å². The van der Waals surface area contributed by atoms with Crippen LogP contribution in [-0.4, -0.2) is 19.8 Å². The Bertz CT molecular complexity index is 784. The number of halogens is 1. The van der Waals surface area contributed by atoms with E-state index in [1.807, 2.05) is 22.7 Å². The standard InChI is InChI=1S/C13H14BrN5S/c1-13(2,3)11-16-17-12-19(11)18-10(20-12)7-4-5-8(14)9(15)6-7/h4-6H,15H2,1-3H3. The zero-order valence-corrected chi connectivity index (χ0v) is 13.8. The molecule has 0 unspecified atom stereocenters. The summed E-state index contributed by atoms with van der Waals surface area (Å²) < 4.78 is 2.71. The maximum atomic E-state index is 5.92. The van der Waals surface area contributed by atoms with Gasteiger partial charge < -0.3 is 5.73 Å². The van der Waals surface area contributed by atoms with Gasteiger partial charge in [-0.05, 0) is 28.1 Å². The third-order valence-corrected chi connectivity index (χ3v) is 4.57. The number of nitrogens with two attached hydrogens (primary N) is 1. The lowest BCUT2D eigenvalue weighted by Gasteiger charge is -2.13. The zero-order chi connectivity index (χ0) is 14.5. The molecule has 0 amide bonds. The van der Waals surface area contributed by atoms with Crippen molar-refractivity contribution in [3.05, 3.63) is 28.5 Å². The molecule has 3 aromatic rings. The zero-order valence-electron chi connectivity index (χ0n) is 11.4. The number of benzene rings is 1. The summed E-state index contributed by atoms with van der Waals surface area (Å²) in [5, 5.41) is 13.9. The molecule has 3 rings (SSSR count). The first-order chi connectivity index (χ1) is 9.36. The number of aromatic nitrogens is 4. The number of anilines is 1. The van der Waals surface area contributed by atoms with Crippen molar-refractivity contribution < 1.29 is 0 Å². The molecular formula is C13H14BrN5S. The predicted octanol–water partition coefficient (Wildman–Crippen LogP) is 3.50. The molecule has 5 nitrogen and oxygen atoms in total. The van der Waals surface area contributed by atoms with Crippen molar-refractivity contribution >= 4 is 37.9 Å². The van der Waals surface area contributed by atoms with Gasteiger partial charge in [-0.3, -0.25) is 0 Å². The largest absolute Gasteiger partial charge is 0.398 e. The first kappa shape index (κ1) is 13.5. The summed E-state index contributed by atoms with van der Waals surface area (Å²) in [6, 6.07) is 5.83. The molecule has 104 valence electrons. The van der Waals surface area contributed by atoms with E-state index in [2.05, 4.69) is 52.0 Å². The van der Waals surface area contributed by atoms with Crippen LogP contribution >= 0.6 is 27.3 Å². The van der Waals surface area contributed by atoms with E-state index < -0.39 is 0 Å². The normalized spacial score (nSPS) is 12.2. The van der Waals surface area contributed by atoms with Crippen LogP contribution in [-0.2, 0) is 5.41 Å². The average molecular weight is 352 g/mol. The van der Waals surface area contributed by atoms with Gasteiger partial charge in [0.1, 0.15) is 5.01 Å². The molecule has 0 aliphatic heterocycles. The second kappa shape index (κ2) is 4.53. The predicted molar refractivity (Wildman–Crippen MR) is 84.9 cm³/mol. The van der Waals surface area contributed by atoms with Gasteiger partial charge in [-0.2, -0.15) is 9.61 Å². The Kier molecular flexibility index (Phi) is 3.06. The van der Waals surface area contributed by atoms with Gasteiger partial charge in [0.2, 0.25) is 4.96 Å². The molecule has 0 saturated heterocycles. The molecule has 2 N–H and O–H groups in total. The first-order valence-corrected chi connectivity index (χ1v) is 7.75. The molecule has 0 bridgehead atoms. The highest BCUT2D eigenvalue weighted by Crippen LogP contribution is 2.31. The highest BCUT2D eigenvalue weighted by Gasteiger charge is 2.23. The Hall–Kier alpha value is -1.47. The van der Waals surface area contributed by atoms with Gasteiger partial charge in [0.25, 0.3) is 0 Å². The summed E-state index contributed by atoms with van der Waals surface area (Å²) in [5.74, 6) is 0.861. The number of hydrogen-bond acceptors (Lipinski definition) is 5. The number of rotatable bonds is 1. The average Bonchev–Trinajstić information content (AvgIpc) is 2.90. The van der Waals surface area contributed by atoms with E-state index >= 15 is 0 Å². The minimum Gasteiger partial charge on any atom is -0.398 e. The molecule has 20 heavy (non-hydrogen) atoms. The monoisotopic (exact) mass is 351 g/mol. The number of nitrogens with zero attached hydrogens (tertiary/aromatic N) is 4. The molecule has 0 fully saturated rings. The summed E-state index contributed by atoms with van der Waals surface area (Å²) in [7, 11) is 0. The van der Waals surface area contributed by atoms with Gasteiger partial charge in [-0.1, -0.05) is 38.2 Å². The topological polar surface area (TPSA) is 69.1 Å². The second-order valence-electron chi connectivity index (χ2n) is 5.61. The van der Waals surface area contributed by atoms with Crippen LogP contribution in [0.25, 0.3) is 15.5 Å². The van der Waals surface area contributed by atoms with Crippen molar-refractivity contribution in [2.24, 2.45) is 0 Å². The highest BCUT2D eigenvalue weighted by molar-refractivity contribution is 9.10. The molecule has 0 atom stereocenters. The first-order valence-electron chi connectivity index (χ1n) is 6.14. The van der Waals surface area contributed by atoms with Crippen LogP contribution < -0.4 is 5.73 Å². The van der Waals surface area contributed by atoms with Crippen molar-refractivity contribution in [2.75, 3.05) is 5.73 Å². The fourth-order valence-electron chi connectivity index (χ4n) is 1.88. The Morgan fingerprint density at radius 2 is 2.00 bits per heavy atom. The van der Waals surface area contributed by atoms with Crippen molar-refractivity contribution in [3.63, 3.8) is 0 Å². The van der Waals surface area contributed by atoms with Crippen LogP contribution in [0, 0.1) is 0 Å². The molecule has 0 radical (unpaired) electrons. The van der Waals surface area contributed by atoms with E-state index in [1.54, 1.807) is 0 Å². The van der Waals surface area contributed by atoms with Crippen LogP contribution in [0.4, 0.5) is 5.69 Å². The summed E-state index contributed by atoms with van der Waals surface area (Å²) in [5.41, 5.74) is 7.51. The van der Waals surface area contributed by atoms with Gasteiger partial charge in [0.05, 0.1) is 0 Å². The molecule has 0 saturated carbocycles. The Morgan fingerprint density at radius 1 is 1.25 bits per heavy atom. The fraction of sp³-hybridized carbons (Fsp3) is 0.308. The lowest BCUT2D eigenvalue weighted by molar-refractivity contribution is 0.528. The van der Waals surface area contributed by atoms with Crippen LogP contribution in [0.2, 0.25) is 0 Å². The van der Waals surface area contributed by atoms with E-state index in [1.165, 1.54) is 11.3 Å². The lowest BCUT2D eigenvalue weighted by Crippen LogP contribution is -2.16. The fourth-order valence-corrected chi connectivity index (χ4v) is 2.96. The van der Waals surface area contributed by atoms with E-state index in [9.17, 15) is 0 Å². The molecule has 7 heteroatoms. The Labute approximate surface area is 129 Å². The van der Waals surface area contributed by atoms with Crippen LogP contribution in [0.1, 0.15) is 26.6 Å². The van der Waals surface area contributed by atoms with Crippen LogP contribution in [0.5, 0.6) is 0 Å². The van der Waals surface area contributed by atoms with Crippen LogP contribution in [0.3, 0.4) is 0 Å². The van der Waals surface area contributed by atoms with Gasteiger partial charge in [0.15, 0.2) is 5.82 Å². The SMILES string of the molecule is CC(C)(C)c1nnc2sc(-c3ccc(Br)c(N)c3)nn12. The summed E-state index contributed by atoms with van der Waals surface area (Å²) >= 11 is 4.91. The van der Waals surface area contributed by atoms with Gasteiger partial charge in [0, 0.05) is 21.1 Å². The second-order valence-corrected chi connectivity index (χ2v) is 7.42. The maximum Gasteiger partial charge on any atom is 0.235 e. The van der Waals surface area contributed by atoms with E-state index in [0.717, 1.165) is 25.8 Å². The maximum absolute atomic E-state index is 5.92. The summed E-state index contributed by atoms with van der Waals surface area (Å²) in [6.07, 6.45) is 0. The molecule has 0 aliphatic rings. The van der Waals surface area contributed by atoms with E-state index in [0.29, 0.717) is 5.69 Å². The van der Waals surface area contributed by atoms with Crippen molar-refractivity contribution in [1.82, 2.24) is 19.8 Å². The Balaban J connectivity index is 2.14. The molecule has 2 heterocycles.